The minimum absolute atomic E-state index is 0.00523. The van der Waals surface area contributed by atoms with Gasteiger partial charge in [-0.25, -0.2) is 0 Å². The number of phenolic OH excluding ortho intramolecular Hbond substituents is 2. The summed E-state index contributed by atoms with van der Waals surface area (Å²) in [6.07, 6.45) is -2.66. The number of ketones is 3. The Labute approximate surface area is 222 Å². The normalized spacial score (nSPS) is 30.4. The summed E-state index contributed by atoms with van der Waals surface area (Å²) in [4.78, 5) is 40.3. The highest BCUT2D eigenvalue weighted by atomic mass is 32.2. The number of hydrogen-bond donors (Lipinski definition) is 5. The van der Waals surface area contributed by atoms with Crippen molar-refractivity contribution in [3.63, 3.8) is 0 Å². The van der Waals surface area contributed by atoms with Crippen molar-refractivity contribution in [1.29, 1.82) is 0 Å². The van der Waals surface area contributed by atoms with Crippen LogP contribution in [-0.4, -0.2) is 74.2 Å². The van der Waals surface area contributed by atoms with Crippen molar-refractivity contribution in [3.8, 4) is 11.5 Å². The number of aliphatic hydroxyl groups is 2. The van der Waals surface area contributed by atoms with E-state index in [2.05, 4.69) is 0 Å². The number of phenols is 2. The first kappa shape index (κ1) is 26.8. The van der Waals surface area contributed by atoms with Crippen LogP contribution in [0, 0.1) is 0 Å². The van der Waals surface area contributed by atoms with E-state index in [0.29, 0.717) is 4.90 Å². The van der Waals surface area contributed by atoms with Gasteiger partial charge in [0.25, 0.3) is 0 Å². The fourth-order valence-corrected chi connectivity index (χ4v) is 6.28. The zero-order valence-corrected chi connectivity index (χ0v) is 21.9. The second-order valence-electron chi connectivity index (χ2n) is 10.1. The summed E-state index contributed by atoms with van der Waals surface area (Å²) in [6.45, 7) is 2.81. The minimum atomic E-state index is -1.98. The standard InChI is InChI=1S/C27H29NO9S/c1-10-22(30)14(28)7-17(36-10)37-15-9-27(35,11(2)29)8-13-18(15)25(33)21-20(24(13)32)23(31)12-5-4-6-16(38-3)19(12)26(21)34/h4-6,10,14-15,17,22,30,32-33,35H,7-9,28H2,1-3H3/t10?,14?,15-,17?,22?,27-/m0/s1. The Morgan fingerprint density at radius 1 is 1.16 bits per heavy atom. The van der Waals surface area contributed by atoms with Crippen molar-refractivity contribution in [2.75, 3.05) is 6.26 Å². The Hall–Kier alpha value is -2.80. The van der Waals surface area contributed by atoms with Gasteiger partial charge in [0, 0.05) is 52.5 Å². The number of fused-ring (bicyclic) bond motifs is 3. The molecule has 1 heterocycles. The molecule has 0 bridgehead atoms. The minimum Gasteiger partial charge on any atom is -0.507 e. The van der Waals surface area contributed by atoms with Gasteiger partial charge in [0.15, 0.2) is 23.6 Å². The maximum Gasteiger partial charge on any atom is 0.199 e. The van der Waals surface area contributed by atoms with Crippen LogP contribution in [0.4, 0.5) is 0 Å². The third kappa shape index (κ3) is 3.96. The fraction of sp³-hybridized carbons (Fsp3) is 0.444. The monoisotopic (exact) mass is 543 g/mol. The van der Waals surface area contributed by atoms with Crippen molar-refractivity contribution in [2.24, 2.45) is 5.73 Å². The van der Waals surface area contributed by atoms with Crippen LogP contribution in [-0.2, 0) is 20.7 Å². The molecule has 202 valence electrons. The summed E-state index contributed by atoms with van der Waals surface area (Å²) >= 11 is 1.27. The summed E-state index contributed by atoms with van der Waals surface area (Å²) in [7, 11) is 0. The van der Waals surface area contributed by atoms with E-state index in [9.17, 15) is 34.8 Å². The van der Waals surface area contributed by atoms with Gasteiger partial charge in [-0.05, 0) is 26.2 Å². The predicted octanol–water partition coefficient (Wildman–Crippen LogP) is 1.74. The predicted molar refractivity (Wildman–Crippen MR) is 136 cm³/mol. The van der Waals surface area contributed by atoms with Gasteiger partial charge in [0.2, 0.25) is 0 Å². The Bertz CT molecular complexity index is 1360. The number of rotatable bonds is 4. The summed E-state index contributed by atoms with van der Waals surface area (Å²) in [5, 5.41) is 44.2. The van der Waals surface area contributed by atoms with Gasteiger partial charge in [-0.3, -0.25) is 14.4 Å². The number of carbonyl (C=O) groups excluding carboxylic acids is 3. The van der Waals surface area contributed by atoms with Crippen LogP contribution in [0.15, 0.2) is 23.1 Å². The third-order valence-corrected chi connectivity index (χ3v) is 8.58. The Kier molecular flexibility index (Phi) is 6.65. The lowest BCUT2D eigenvalue weighted by molar-refractivity contribution is -0.247. The van der Waals surface area contributed by atoms with Gasteiger partial charge in [-0.2, -0.15) is 0 Å². The molecule has 0 amide bonds. The average molecular weight is 544 g/mol. The van der Waals surface area contributed by atoms with E-state index in [1.54, 1.807) is 25.3 Å². The molecule has 4 unspecified atom stereocenters. The lowest BCUT2D eigenvalue weighted by atomic mass is 9.72. The molecule has 3 aliphatic rings. The van der Waals surface area contributed by atoms with Crippen LogP contribution in [0.25, 0.3) is 0 Å². The number of hydrogen-bond acceptors (Lipinski definition) is 11. The quantitative estimate of drug-likeness (QED) is 0.239. The maximum atomic E-state index is 13.7. The zero-order valence-electron chi connectivity index (χ0n) is 21.1. The molecular formula is C27H29NO9S. The molecule has 11 heteroatoms. The second-order valence-corrected chi connectivity index (χ2v) is 11.0. The number of thioether (sulfide) groups is 1. The van der Waals surface area contributed by atoms with E-state index in [1.807, 2.05) is 0 Å². The SMILES string of the molecule is CSc1cccc2c1C(=O)c1c(O)c3c(c(O)c1C2=O)C[C@@](O)(C(C)=O)C[C@@H]3OC1CC(N)C(O)C(C)O1. The van der Waals surface area contributed by atoms with Crippen molar-refractivity contribution in [3.05, 3.63) is 51.6 Å². The van der Waals surface area contributed by atoms with Crippen LogP contribution in [0.2, 0.25) is 0 Å². The van der Waals surface area contributed by atoms with Crippen LogP contribution in [0.1, 0.15) is 75.8 Å². The molecule has 1 saturated heterocycles. The van der Waals surface area contributed by atoms with E-state index < -0.39 is 71.5 Å². The molecular weight excluding hydrogens is 514 g/mol. The molecule has 5 rings (SSSR count). The molecule has 6 N–H and O–H groups in total. The summed E-state index contributed by atoms with van der Waals surface area (Å²) in [5.74, 6) is -3.04. The van der Waals surface area contributed by atoms with E-state index in [4.69, 9.17) is 15.2 Å². The number of carbonyl (C=O) groups is 3. The number of aliphatic hydroxyl groups excluding tert-OH is 1. The average Bonchev–Trinajstić information content (AvgIpc) is 2.87. The van der Waals surface area contributed by atoms with Crippen molar-refractivity contribution in [1.82, 2.24) is 0 Å². The maximum absolute atomic E-state index is 13.7. The van der Waals surface area contributed by atoms with E-state index in [0.717, 1.165) is 0 Å². The first-order chi connectivity index (χ1) is 17.9. The molecule has 6 atom stereocenters. The molecule has 10 nitrogen and oxygen atoms in total. The van der Waals surface area contributed by atoms with Crippen molar-refractivity contribution >= 4 is 29.1 Å². The van der Waals surface area contributed by atoms with Gasteiger partial charge in [0.05, 0.1) is 29.4 Å². The number of ether oxygens (including phenoxy) is 2. The summed E-state index contributed by atoms with van der Waals surface area (Å²) in [6, 6.07) is 4.12. The highest BCUT2D eigenvalue weighted by Crippen LogP contribution is 2.52. The molecule has 2 aromatic carbocycles. The first-order valence-electron chi connectivity index (χ1n) is 12.2. The zero-order chi connectivity index (χ0) is 27.7. The lowest BCUT2D eigenvalue weighted by Crippen LogP contribution is -2.52. The largest absolute Gasteiger partial charge is 0.507 e. The Balaban J connectivity index is 1.68. The Morgan fingerprint density at radius 2 is 1.84 bits per heavy atom. The highest BCUT2D eigenvalue weighted by Gasteiger charge is 2.49. The van der Waals surface area contributed by atoms with Gasteiger partial charge in [0.1, 0.15) is 17.1 Å². The topological polar surface area (TPSA) is 177 Å². The smallest absolute Gasteiger partial charge is 0.199 e. The third-order valence-electron chi connectivity index (χ3n) is 7.80. The molecule has 1 aliphatic heterocycles. The van der Waals surface area contributed by atoms with Crippen LogP contribution in [0.3, 0.4) is 0 Å². The van der Waals surface area contributed by atoms with Crippen LogP contribution >= 0.6 is 11.8 Å². The van der Waals surface area contributed by atoms with Gasteiger partial charge >= 0.3 is 0 Å². The van der Waals surface area contributed by atoms with Crippen LogP contribution in [0.5, 0.6) is 11.5 Å². The lowest BCUT2D eigenvalue weighted by Gasteiger charge is -2.42. The molecule has 0 radical (unpaired) electrons. The Morgan fingerprint density at radius 3 is 2.47 bits per heavy atom. The fourth-order valence-electron chi connectivity index (χ4n) is 5.66. The number of aromatic hydroxyl groups is 2. The van der Waals surface area contributed by atoms with E-state index in [-0.39, 0.29) is 46.2 Å². The molecule has 0 spiro atoms. The molecule has 0 saturated carbocycles. The van der Waals surface area contributed by atoms with Crippen LogP contribution < -0.4 is 5.73 Å². The highest BCUT2D eigenvalue weighted by molar-refractivity contribution is 7.98. The van der Waals surface area contributed by atoms with E-state index in [1.165, 1.54) is 24.8 Å². The number of benzene rings is 2. The van der Waals surface area contributed by atoms with Gasteiger partial charge in [-0.15, -0.1) is 11.8 Å². The van der Waals surface area contributed by atoms with Gasteiger partial charge < -0.3 is 35.6 Å². The van der Waals surface area contributed by atoms with Crippen molar-refractivity contribution in [2.45, 2.75) is 74.3 Å². The molecule has 38 heavy (non-hydrogen) atoms. The molecule has 2 aliphatic carbocycles. The van der Waals surface area contributed by atoms with Gasteiger partial charge in [-0.1, -0.05) is 12.1 Å². The first-order valence-corrected chi connectivity index (χ1v) is 13.5. The number of Topliss-reactive ketones (excluding diaryl/α,β-unsaturated/α-hetero) is 1. The molecule has 1 fully saturated rings. The second kappa shape index (κ2) is 9.44. The van der Waals surface area contributed by atoms with E-state index >= 15 is 0 Å². The van der Waals surface area contributed by atoms with Crippen molar-refractivity contribution < 1.29 is 44.3 Å². The molecule has 2 aromatic rings. The summed E-state index contributed by atoms with van der Waals surface area (Å²) in [5.41, 5.74) is 3.46. The molecule has 0 aromatic heterocycles. The summed E-state index contributed by atoms with van der Waals surface area (Å²) < 4.78 is 11.8. The number of nitrogens with two attached hydrogens (primary N) is 1.